The fourth-order valence-corrected chi connectivity index (χ4v) is 2.92. The molecule has 0 unspecified atom stereocenters. The molecule has 9 heteroatoms. The Bertz CT molecular complexity index is 969. The van der Waals surface area contributed by atoms with Gasteiger partial charge in [0.1, 0.15) is 11.3 Å². The number of nitrogens with zero attached hydrogens (tertiary/aromatic N) is 3. The van der Waals surface area contributed by atoms with E-state index in [9.17, 15) is 20.0 Å². The number of halogens is 1. The van der Waals surface area contributed by atoms with Crippen molar-refractivity contribution in [3.05, 3.63) is 68.2 Å². The Hall–Kier alpha value is -3.20. The Morgan fingerprint density at radius 2 is 2.00 bits per heavy atom. The second-order valence-electron chi connectivity index (χ2n) is 5.49. The number of non-ortho nitro benzene ring substituents is 1. The summed E-state index contributed by atoms with van der Waals surface area (Å²) in [5.74, 6) is -0.180. The number of phenolic OH excluding ortho intramolecular Hbond substituents is 1. The van der Waals surface area contributed by atoms with E-state index in [4.69, 9.17) is 4.74 Å². The summed E-state index contributed by atoms with van der Waals surface area (Å²) in [7, 11) is 0. The highest BCUT2D eigenvalue weighted by atomic mass is 79.9. The fraction of sp³-hybridized carbons (Fsp3) is 0.111. The van der Waals surface area contributed by atoms with Gasteiger partial charge in [-0.3, -0.25) is 14.9 Å². The van der Waals surface area contributed by atoms with Gasteiger partial charge in [-0.15, -0.1) is 5.10 Å². The van der Waals surface area contributed by atoms with E-state index in [-0.39, 0.29) is 22.9 Å². The number of nitro benzene ring substituents is 1. The molecule has 0 aliphatic carbocycles. The minimum absolute atomic E-state index is 0.0804. The number of carbonyl (C=O) groups is 1. The molecule has 0 saturated heterocycles. The number of hydrogen-bond acceptors (Lipinski definition) is 6. The molecule has 0 aromatic heterocycles. The van der Waals surface area contributed by atoms with Crippen LogP contribution in [0.2, 0.25) is 0 Å². The van der Waals surface area contributed by atoms with Crippen molar-refractivity contribution in [3.63, 3.8) is 0 Å². The molecule has 0 radical (unpaired) electrons. The number of phenols is 1. The van der Waals surface area contributed by atoms with Crippen molar-refractivity contribution in [2.45, 2.75) is 6.92 Å². The van der Waals surface area contributed by atoms with Crippen LogP contribution in [-0.2, 0) is 9.53 Å². The third kappa shape index (κ3) is 3.82. The number of ether oxygens (including phenoxy) is 1. The van der Waals surface area contributed by atoms with E-state index < -0.39 is 10.8 Å². The Kier molecular flexibility index (Phi) is 5.22. The van der Waals surface area contributed by atoms with Gasteiger partial charge in [0.05, 0.1) is 17.2 Å². The lowest BCUT2D eigenvalue weighted by Crippen LogP contribution is -2.21. The summed E-state index contributed by atoms with van der Waals surface area (Å²) in [4.78, 5) is 23.1. The first-order valence-electron chi connectivity index (χ1n) is 7.91. The molecule has 0 spiro atoms. The van der Waals surface area contributed by atoms with Crippen molar-refractivity contribution in [2.24, 2.45) is 5.10 Å². The van der Waals surface area contributed by atoms with Crippen molar-refractivity contribution in [2.75, 3.05) is 11.6 Å². The second-order valence-corrected chi connectivity index (χ2v) is 6.35. The van der Waals surface area contributed by atoms with Crippen molar-refractivity contribution in [3.8, 4) is 5.75 Å². The minimum Gasteiger partial charge on any atom is -0.508 e. The third-order valence-electron chi connectivity index (χ3n) is 3.71. The molecule has 8 nitrogen and oxygen atoms in total. The van der Waals surface area contributed by atoms with Crippen LogP contribution in [0.15, 0.2) is 57.6 Å². The average Bonchev–Trinajstić information content (AvgIpc) is 2.94. The molecule has 138 valence electrons. The number of nitro groups is 1. The normalized spacial score (nSPS) is 15.2. The zero-order valence-corrected chi connectivity index (χ0v) is 15.7. The lowest BCUT2D eigenvalue weighted by molar-refractivity contribution is -0.384. The van der Waals surface area contributed by atoms with Gasteiger partial charge < -0.3 is 9.84 Å². The molecule has 27 heavy (non-hydrogen) atoms. The summed E-state index contributed by atoms with van der Waals surface area (Å²) >= 11 is 3.34. The first-order valence-corrected chi connectivity index (χ1v) is 8.71. The highest BCUT2D eigenvalue weighted by molar-refractivity contribution is 9.10. The van der Waals surface area contributed by atoms with Crippen molar-refractivity contribution in [1.29, 1.82) is 0 Å². The first-order chi connectivity index (χ1) is 12.9. The first kappa shape index (κ1) is 18.6. The highest BCUT2D eigenvalue weighted by Crippen LogP contribution is 2.29. The minimum atomic E-state index is -0.516. The van der Waals surface area contributed by atoms with E-state index in [1.807, 2.05) is 0 Å². The number of hydrogen-bond donors (Lipinski definition) is 1. The maximum absolute atomic E-state index is 12.9. The molecule has 1 N–H and O–H groups in total. The summed E-state index contributed by atoms with van der Waals surface area (Å²) in [6.45, 7) is 2.09. The van der Waals surface area contributed by atoms with Crippen LogP contribution in [0.1, 0.15) is 12.5 Å². The van der Waals surface area contributed by atoms with Gasteiger partial charge in [-0.1, -0.05) is 22.0 Å². The summed E-state index contributed by atoms with van der Waals surface area (Å²) in [6.07, 6.45) is 1.60. The number of aromatic hydroxyl groups is 1. The van der Waals surface area contributed by atoms with Gasteiger partial charge in [-0.25, -0.2) is 0 Å². The van der Waals surface area contributed by atoms with Crippen LogP contribution in [-0.4, -0.2) is 28.4 Å². The van der Waals surface area contributed by atoms with Gasteiger partial charge in [-0.2, -0.15) is 5.01 Å². The van der Waals surface area contributed by atoms with E-state index in [0.717, 1.165) is 5.01 Å². The molecule has 1 heterocycles. The molecule has 1 aliphatic rings. The molecule has 2 aromatic rings. The van der Waals surface area contributed by atoms with Crippen molar-refractivity contribution in [1.82, 2.24) is 0 Å². The maximum atomic E-state index is 12.9. The average molecular weight is 432 g/mol. The molecular weight excluding hydrogens is 418 g/mol. The Morgan fingerprint density at radius 1 is 1.30 bits per heavy atom. The molecule has 3 rings (SSSR count). The smallest absolute Gasteiger partial charge is 0.284 e. The van der Waals surface area contributed by atoms with Gasteiger partial charge in [-0.05, 0) is 42.8 Å². The lowest BCUT2D eigenvalue weighted by Gasteiger charge is -2.10. The zero-order chi connectivity index (χ0) is 19.6. The van der Waals surface area contributed by atoms with E-state index in [1.54, 1.807) is 19.1 Å². The van der Waals surface area contributed by atoms with E-state index in [0.29, 0.717) is 22.3 Å². The Morgan fingerprint density at radius 3 is 2.59 bits per heavy atom. The SMILES string of the molecule is CCOC1=NN(c2ccc([N+](=O)[O-])cc2)C(=O)/C1=C\c1ccc(O)cc1Br. The van der Waals surface area contributed by atoms with Crippen LogP contribution >= 0.6 is 15.9 Å². The predicted molar refractivity (Wildman–Crippen MR) is 103 cm³/mol. The van der Waals surface area contributed by atoms with E-state index in [2.05, 4.69) is 21.0 Å². The molecule has 1 aliphatic heterocycles. The van der Waals surface area contributed by atoms with Crippen LogP contribution in [0.3, 0.4) is 0 Å². The van der Waals surface area contributed by atoms with Gasteiger partial charge >= 0.3 is 0 Å². The van der Waals surface area contributed by atoms with Crippen LogP contribution in [0.4, 0.5) is 11.4 Å². The molecule has 0 atom stereocenters. The lowest BCUT2D eigenvalue weighted by atomic mass is 10.1. The van der Waals surface area contributed by atoms with Crippen LogP contribution in [0, 0.1) is 10.1 Å². The molecular formula is C18H14BrN3O5. The summed E-state index contributed by atoms with van der Waals surface area (Å²) in [5, 5.41) is 25.6. The zero-order valence-electron chi connectivity index (χ0n) is 14.1. The number of hydrazone groups is 1. The fourth-order valence-electron chi connectivity index (χ4n) is 2.44. The van der Waals surface area contributed by atoms with Crippen LogP contribution in [0.25, 0.3) is 6.08 Å². The van der Waals surface area contributed by atoms with Crippen molar-refractivity contribution >= 4 is 45.2 Å². The molecule has 0 bridgehead atoms. The number of anilines is 1. The van der Waals surface area contributed by atoms with Crippen LogP contribution in [0.5, 0.6) is 5.75 Å². The van der Waals surface area contributed by atoms with E-state index >= 15 is 0 Å². The number of carbonyl (C=O) groups excluding carboxylic acids is 1. The largest absolute Gasteiger partial charge is 0.508 e. The van der Waals surface area contributed by atoms with Gasteiger partial charge in [0.2, 0.25) is 5.90 Å². The number of benzene rings is 2. The summed E-state index contributed by atoms with van der Waals surface area (Å²) < 4.78 is 6.09. The molecule has 0 fully saturated rings. The monoisotopic (exact) mass is 431 g/mol. The van der Waals surface area contributed by atoms with Crippen molar-refractivity contribution < 1.29 is 19.6 Å². The topological polar surface area (TPSA) is 105 Å². The number of rotatable bonds is 4. The Labute approximate surface area is 162 Å². The third-order valence-corrected chi connectivity index (χ3v) is 4.40. The standard InChI is InChI=1S/C18H14BrN3O5/c1-2-27-17-15(9-11-3-8-14(23)10-16(11)19)18(24)21(20-17)12-4-6-13(7-5-12)22(25)26/h3-10,23H,2H2,1H3/b15-9-. The molecule has 1 amide bonds. The van der Waals surface area contributed by atoms with E-state index in [1.165, 1.54) is 36.4 Å². The highest BCUT2D eigenvalue weighted by Gasteiger charge is 2.33. The quantitative estimate of drug-likeness (QED) is 0.449. The summed E-state index contributed by atoms with van der Waals surface area (Å²) in [6, 6.07) is 10.2. The molecule has 2 aromatic carbocycles. The second kappa shape index (κ2) is 7.58. The molecule has 0 saturated carbocycles. The summed E-state index contributed by atoms with van der Waals surface area (Å²) in [5.41, 5.74) is 1.20. The predicted octanol–water partition coefficient (Wildman–Crippen LogP) is 3.84. The van der Waals surface area contributed by atoms with Gasteiger partial charge in [0, 0.05) is 16.6 Å². The van der Waals surface area contributed by atoms with Gasteiger partial charge in [0.25, 0.3) is 11.6 Å². The number of amides is 1. The van der Waals surface area contributed by atoms with Gasteiger partial charge in [0.15, 0.2) is 0 Å². The Balaban J connectivity index is 1.98. The maximum Gasteiger partial charge on any atom is 0.284 e. The van der Waals surface area contributed by atoms with Crippen LogP contribution < -0.4 is 5.01 Å².